The molecule has 2 heterocycles. The Balaban J connectivity index is 0.00000320. The second-order valence-electron chi connectivity index (χ2n) is 8.31. The van der Waals surface area contributed by atoms with E-state index in [0.717, 1.165) is 64.7 Å². The lowest BCUT2D eigenvalue weighted by atomic mass is 10.1. The van der Waals surface area contributed by atoms with Crippen LogP contribution in [0.3, 0.4) is 0 Å². The summed E-state index contributed by atoms with van der Waals surface area (Å²) in [6.45, 7) is 13.0. The third-order valence-electron chi connectivity index (χ3n) is 5.73. The van der Waals surface area contributed by atoms with Crippen molar-refractivity contribution in [3.8, 4) is 0 Å². The van der Waals surface area contributed by atoms with Crippen LogP contribution in [-0.4, -0.2) is 73.9 Å². The monoisotopic (exact) mass is 530 g/mol. The average Bonchev–Trinajstić information content (AvgIpc) is 2.70. The maximum Gasteiger partial charge on any atom is 0.193 e. The van der Waals surface area contributed by atoms with Gasteiger partial charge >= 0.3 is 0 Å². The molecule has 7 heteroatoms. The normalized spacial score (nSPS) is 23.9. The highest BCUT2D eigenvalue weighted by atomic mass is 127. The summed E-state index contributed by atoms with van der Waals surface area (Å²) in [4.78, 5) is 9.30. The second kappa shape index (κ2) is 12.8. The Kier molecular flexibility index (Phi) is 10.8. The van der Waals surface area contributed by atoms with E-state index in [0.29, 0.717) is 18.3 Å². The van der Waals surface area contributed by atoms with Crippen molar-refractivity contribution in [1.29, 1.82) is 0 Å². The van der Waals surface area contributed by atoms with E-state index in [1.807, 2.05) is 7.05 Å². The highest BCUT2D eigenvalue weighted by molar-refractivity contribution is 14.0. The van der Waals surface area contributed by atoms with Gasteiger partial charge in [0.15, 0.2) is 5.96 Å². The number of hydrogen-bond acceptors (Lipinski definition) is 4. The largest absolute Gasteiger partial charge is 0.378 e. The summed E-state index contributed by atoms with van der Waals surface area (Å²) in [7, 11) is 1.87. The number of morpholine rings is 1. The van der Waals surface area contributed by atoms with Crippen molar-refractivity contribution in [3.63, 3.8) is 0 Å². The molecule has 2 fully saturated rings. The van der Waals surface area contributed by atoms with E-state index in [9.17, 15) is 0 Å². The molecular weight excluding hydrogens is 491 g/mol. The number of aliphatic imine (C=N–C) groups is 1. The minimum absolute atomic E-state index is 0. The van der Waals surface area contributed by atoms with Gasteiger partial charge in [0.1, 0.15) is 0 Å². The maximum absolute atomic E-state index is 5.83. The molecule has 0 amide bonds. The lowest BCUT2D eigenvalue weighted by Gasteiger charge is -2.35. The Morgan fingerprint density at radius 1 is 1.10 bits per heavy atom. The molecule has 1 aromatic rings. The molecule has 6 nitrogen and oxygen atoms in total. The van der Waals surface area contributed by atoms with E-state index in [2.05, 4.69) is 65.1 Å². The summed E-state index contributed by atoms with van der Waals surface area (Å²) >= 11 is 0. The zero-order valence-electron chi connectivity index (χ0n) is 19.0. The molecule has 2 aliphatic heterocycles. The summed E-state index contributed by atoms with van der Waals surface area (Å²) in [6.07, 6.45) is 3.17. The van der Waals surface area contributed by atoms with Gasteiger partial charge in [-0.3, -0.25) is 9.89 Å². The molecule has 1 N–H and O–H groups in total. The summed E-state index contributed by atoms with van der Waals surface area (Å²) in [5, 5.41) is 3.52. The van der Waals surface area contributed by atoms with Crippen LogP contribution >= 0.6 is 24.0 Å². The second-order valence-corrected chi connectivity index (χ2v) is 8.31. The molecular formula is C23H39IN4O2. The SMILES string of the molecule is CCOC1CCN(C(=NC)NCc2ccc(CN3CC(C)OC(C)C3)cc2)CC1.I. The first-order chi connectivity index (χ1) is 14.1. The molecule has 0 radical (unpaired) electrons. The highest BCUT2D eigenvalue weighted by Crippen LogP contribution is 2.16. The molecule has 0 saturated carbocycles. The van der Waals surface area contributed by atoms with Crippen LogP contribution in [0, 0.1) is 0 Å². The third-order valence-corrected chi connectivity index (χ3v) is 5.73. The molecule has 30 heavy (non-hydrogen) atoms. The van der Waals surface area contributed by atoms with Crippen molar-refractivity contribution in [2.24, 2.45) is 4.99 Å². The first-order valence-electron chi connectivity index (χ1n) is 11.1. The van der Waals surface area contributed by atoms with Crippen molar-refractivity contribution in [1.82, 2.24) is 15.1 Å². The number of rotatable bonds is 6. The van der Waals surface area contributed by atoms with Crippen molar-refractivity contribution >= 4 is 29.9 Å². The first-order valence-corrected chi connectivity index (χ1v) is 11.1. The number of hydrogen-bond donors (Lipinski definition) is 1. The maximum atomic E-state index is 5.83. The van der Waals surface area contributed by atoms with Crippen molar-refractivity contribution in [2.75, 3.05) is 39.8 Å². The molecule has 1 aromatic carbocycles. The number of ether oxygens (including phenoxy) is 2. The number of nitrogens with zero attached hydrogens (tertiary/aromatic N) is 3. The van der Waals surface area contributed by atoms with Gasteiger partial charge in [-0.1, -0.05) is 24.3 Å². The van der Waals surface area contributed by atoms with E-state index >= 15 is 0 Å². The third kappa shape index (κ3) is 7.66. The highest BCUT2D eigenvalue weighted by Gasteiger charge is 2.22. The number of likely N-dealkylation sites (tertiary alicyclic amines) is 1. The fourth-order valence-corrected chi connectivity index (χ4v) is 4.42. The Morgan fingerprint density at radius 3 is 2.27 bits per heavy atom. The zero-order chi connectivity index (χ0) is 20.6. The molecule has 2 aliphatic rings. The molecule has 0 aliphatic carbocycles. The van der Waals surface area contributed by atoms with Crippen molar-refractivity contribution in [3.05, 3.63) is 35.4 Å². The topological polar surface area (TPSA) is 49.3 Å². The summed E-state index contributed by atoms with van der Waals surface area (Å²) < 4.78 is 11.6. The minimum Gasteiger partial charge on any atom is -0.378 e. The summed E-state index contributed by atoms with van der Waals surface area (Å²) in [6, 6.07) is 8.95. The smallest absolute Gasteiger partial charge is 0.193 e. The Morgan fingerprint density at radius 2 is 1.70 bits per heavy atom. The molecule has 0 aromatic heterocycles. The lowest BCUT2D eigenvalue weighted by molar-refractivity contribution is -0.0704. The van der Waals surface area contributed by atoms with Gasteiger partial charge in [-0.25, -0.2) is 0 Å². The number of nitrogens with one attached hydrogen (secondary N) is 1. The van der Waals surface area contributed by atoms with Crippen molar-refractivity contribution in [2.45, 2.75) is 65.0 Å². The van der Waals surface area contributed by atoms with Crippen LogP contribution in [0.5, 0.6) is 0 Å². The van der Waals surface area contributed by atoms with Gasteiger partial charge in [0.25, 0.3) is 0 Å². The minimum atomic E-state index is 0. The van der Waals surface area contributed by atoms with Crippen LogP contribution in [0.2, 0.25) is 0 Å². The van der Waals surface area contributed by atoms with Gasteiger partial charge < -0.3 is 19.7 Å². The van der Waals surface area contributed by atoms with Gasteiger partial charge in [-0.2, -0.15) is 0 Å². The van der Waals surface area contributed by atoms with Crippen LogP contribution in [0.25, 0.3) is 0 Å². The molecule has 3 rings (SSSR count). The van der Waals surface area contributed by atoms with Crippen LogP contribution in [0.1, 0.15) is 44.7 Å². The predicted molar refractivity (Wildman–Crippen MR) is 134 cm³/mol. The summed E-state index contributed by atoms with van der Waals surface area (Å²) in [5.41, 5.74) is 2.64. The number of piperidine rings is 1. The fourth-order valence-electron chi connectivity index (χ4n) is 4.42. The van der Waals surface area contributed by atoms with E-state index in [1.165, 1.54) is 11.1 Å². The summed E-state index contributed by atoms with van der Waals surface area (Å²) in [5.74, 6) is 0.986. The Hall–Kier alpha value is -0.900. The number of benzene rings is 1. The van der Waals surface area contributed by atoms with Crippen LogP contribution in [0.15, 0.2) is 29.3 Å². The number of guanidine groups is 1. The Bertz CT molecular complexity index is 637. The molecule has 170 valence electrons. The van der Waals surface area contributed by atoms with E-state index < -0.39 is 0 Å². The van der Waals surface area contributed by atoms with Gasteiger partial charge in [0.05, 0.1) is 18.3 Å². The van der Waals surface area contributed by atoms with E-state index in [1.54, 1.807) is 0 Å². The van der Waals surface area contributed by atoms with Crippen LogP contribution in [0.4, 0.5) is 0 Å². The van der Waals surface area contributed by atoms with Crippen LogP contribution < -0.4 is 5.32 Å². The lowest BCUT2D eigenvalue weighted by Crippen LogP contribution is -2.46. The zero-order valence-corrected chi connectivity index (χ0v) is 21.3. The molecule has 0 bridgehead atoms. The quantitative estimate of drug-likeness (QED) is 0.347. The van der Waals surface area contributed by atoms with Crippen molar-refractivity contribution < 1.29 is 9.47 Å². The fraction of sp³-hybridized carbons (Fsp3) is 0.696. The number of halogens is 1. The molecule has 2 atom stereocenters. The molecule has 0 spiro atoms. The van der Waals surface area contributed by atoms with E-state index in [-0.39, 0.29) is 24.0 Å². The molecule has 2 unspecified atom stereocenters. The van der Waals surface area contributed by atoms with Gasteiger partial charge in [0.2, 0.25) is 0 Å². The predicted octanol–water partition coefficient (Wildman–Crippen LogP) is 3.49. The van der Waals surface area contributed by atoms with E-state index in [4.69, 9.17) is 9.47 Å². The average molecular weight is 530 g/mol. The van der Waals surface area contributed by atoms with Gasteiger partial charge in [-0.15, -0.1) is 24.0 Å². The van der Waals surface area contributed by atoms with Crippen LogP contribution in [-0.2, 0) is 22.6 Å². The van der Waals surface area contributed by atoms with Gasteiger partial charge in [0, 0.05) is 52.9 Å². The first kappa shape index (κ1) is 25.4. The Labute approximate surface area is 199 Å². The standard InChI is InChI=1S/C23H38N4O2.HI/c1-5-28-22-10-12-27(13-11-22)23(24-4)25-14-20-6-8-21(9-7-20)17-26-15-18(2)29-19(3)16-26;/h6-9,18-19,22H,5,10-17H2,1-4H3,(H,24,25);1H. The molecule has 2 saturated heterocycles. The van der Waals surface area contributed by atoms with Gasteiger partial charge in [-0.05, 0) is 44.7 Å².